The summed E-state index contributed by atoms with van der Waals surface area (Å²) in [6, 6.07) is 10.5. The second-order valence-corrected chi connectivity index (χ2v) is 9.25. The van der Waals surface area contributed by atoms with Crippen molar-refractivity contribution >= 4 is 27.3 Å². The highest BCUT2D eigenvalue weighted by Gasteiger charge is 2.43. The van der Waals surface area contributed by atoms with Gasteiger partial charge in [0.1, 0.15) is 5.69 Å². The Labute approximate surface area is 170 Å². The van der Waals surface area contributed by atoms with Crippen LogP contribution in [0.2, 0.25) is 0 Å². The largest absolute Gasteiger partial charge is 0.331 e. The van der Waals surface area contributed by atoms with Gasteiger partial charge in [-0.1, -0.05) is 37.5 Å². The van der Waals surface area contributed by atoms with Crippen LogP contribution in [0.25, 0.3) is 0 Å². The minimum Gasteiger partial charge on any atom is -0.314 e. The van der Waals surface area contributed by atoms with Gasteiger partial charge in [0.2, 0.25) is 0 Å². The van der Waals surface area contributed by atoms with E-state index < -0.39 is 27.5 Å². The smallest absolute Gasteiger partial charge is 0.314 e. The molecule has 0 saturated heterocycles. The van der Waals surface area contributed by atoms with Crippen LogP contribution in [0.5, 0.6) is 0 Å². The highest BCUT2D eigenvalue weighted by molar-refractivity contribution is 7.95. The molecule has 0 radical (unpaired) electrons. The molecule has 2 aromatic carbocycles. The molecule has 0 aromatic heterocycles. The molecule has 156 valence electrons. The van der Waals surface area contributed by atoms with E-state index in [9.17, 15) is 17.2 Å². The second kappa shape index (κ2) is 8.28. The summed E-state index contributed by atoms with van der Waals surface area (Å²) in [4.78, 5) is 0. The van der Waals surface area contributed by atoms with E-state index in [2.05, 4.69) is 5.32 Å². The minimum absolute atomic E-state index is 0.242. The lowest BCUT2D eigenvalue weighted by Crippen LogP contribution is -2.38. The second-order valence-electron chi connectivity index (χ2n) is 7.55. The molecule has 1 heterocycles. The van der Waals surface area contributed by atoms with E-state index >= 15 is 0 Å². The number of benzene rings is 2. The molecule has 0 spiro atoms. The summed E-state index contributed by atoms with van der Waals surface area (Å²) >= 11 is 0. The predicted molar refractivity (Wildman–Crippen MR) is 111 cm³/mol. The summed E-state index contributed by atoms with van der Waals surface area (Å²) in [5.41, 5.74) is 0.132. The van der Waals surface area contributed by atoms with Crippen LogP contribution < -0.4 is 13.9 Å². The van der Waals surface area contributed by atoms with E-state index in [0.29, 0.717) is 24.7 Å². The van der Waals surface area contributed by atoms with Crippen LogP contribution >= 0.6 is 0 Å². The highest BCUT2D eigenvalue weighted by Crippen LogP contribution is 2.46. The summed E-state index contributed by atoms with van der Waals surface area (Å²) in [6.07, 6.45) is 6.67. The lowest BCUT2D eigenvalue weighted by Gasteiger charge is -2.24. The van der Waals surface area contributed by atoms with Crippen LogP contribution in [0, 0.1) is 11.6 Å². The van der Waals surface area contributed by atoms with E-state index in [-0.39, 0.29) is 12.2 Å². The Kier molecular flexibility index (Phi) is 5.74. The van der Waals surface area contributed by atoms with Gasteiger partial charge >= 0.3 is 10.2 Å². The molecule has 1 fully saturated rings. The molecule has 1 N–H and O–H groups in total. The van der Waals surface area contributed by atoms with Gasteiger partial charge in [0.05, 0.1) is 11.4 Å². The SMILES string of the molecule is O=S1(=O)N(CCCNC2CCCCC2)c2ccccc2N1c1c(F)cccc1F. The third kappa shape index (κ3) is 3.83. The number of anilines is 3. The normalized spacial score (nSPS) is 18.8. The van der Waals surface area contributed by atoms with Gasteiger partial charge in [0, 0.05) is 12.6 Å². The number of halogens is 2. The summed E-state index contributed by atoms with van der Waals surface area (Å²) in [5, 5.41) is 3.50. The first-order valence-corrected chi connectivity index (χ1v) is 11.5. The van der Waals surface area contributed by atoms with Gasteiger partial charge < -0.3 is 5.32 Å². The lowest BCUT2D eigenvalue weighted by molar-refractivity contribution is 0.373. The van der Waals surface area contributed by atoms with E-state index in [1.54, 1.807) is 24.3 Å². The first-order chi connectivity index (χ1) is 14.0. The molecule has 29 heavy (non-hydrogen) atoms. The molecule has 0 atom stereocenters. The van der Waals surface area contributed by atoms with Crippen molar-refractivity contribution in [2.24, 2.45) is 0 Å². The van der Waals surface area contributed by atoms with Crippen LogP contribution in [-0.2, 0) is 10.2 Å². The standard InChI is InChI=1S/C21H25F2N3O2S/c22-17-10-6-11-18(23)21(17)26-20-13-5-4-12-19(20)25(29(26,27)28)15-7-14-24-16-8-2-1-3-9-16/h4-6,10-13,16,24H,1-3,7-9,14-15H2. The van der Waals surface area contributed by atoms with Gasteiger partial charge in [0.25, 0.3) is 0 Å². The third-order valence-electron chi connectivity index (χ3n) is 5.60. The minimum atomic E-state index is -4.13. The summed E-state index contributed by atoms with van der Waals surface area (Å²) < 4.78 is 57.3. The third-order valence-corrected chi connectivity index (χ3v) is 7.37. The quantitative estimate of drug-likeness (QED) is 0.700. The van der Waals surface area contributed by atoms with Gasteiger partial charge in [-0.05, 0) is 50.1 Å². The lowest BCUT2D eigenvalue weighted by atomic mass is 9.95. The Morgan fingerprint density at radius 1 is 0.931 bits per heavy atom. The van der Waals surface area contributed by atoms with E-state index in [0.717, 1.165) is 29.3 Å². The Hall–Kier alpha value is -2.19. The maximum Gasteiger partial charge on any atom is 0.331 e. The number of para-hydroxylation sites is 3. The van der Waals surface area contributed by atoms with Gasteiger partial charge in [-0.2, -0.15) is 8.42 Å². The number of nitrogens with one attached hydrogen (secondary N) is 1. The van der Waals surface area contributed by atoms with Crippen molar-refractivity contribution in [1.29, 1.82) is 0 Å². The van der Waals surface area contributed by atoms with Crippen molar-refractivity contribution in [3.8, 4) is 0 Å². The predicted octanol–water partition coefficient (Wildman–Crippen LogP) is 4.48. The van der Waals surface area contributed by atoms with Crippen LogP contribution in [0.1, 0.15) is 38.5 Å². The molecule has 1 aliphatic heterocycles. The Balaban J connectivity index is 1.56. The fourth-order valence-corrected chi connectivity index (χ4v) is 5.95. The average molecular weight is 422 g/mol. The summed E-state index contributed by atoms with van der Waals surface area (Å²) in [6.45, 7) is 0.943. The number of hydrogen-bond donors (Lipinski definition) is 1. The van der Waals surface area contributed by atoms with Crippen LogP contribution in [0.3, 0.4) is 0 Å². The van der Waals surface area contributed by atoms with Crippen molar-refractivity contribution in [3.63, 3.8) is 0 Å². The van der Waals surface area contributed by atoms with Gasteiger partial charge in [0.15, 0.2) is 11.6 Å². The zero-order valence-corrected chi connectivity index (χ0v) is 17.0. The van der Waals surface area contributed by atoms with Gasteiger partial charge in [-0.15, -0.1) is 0 Å². The van der Waals surface area contributed by atoms with Gasteiger partial charge in [-0.3, -0.25) is 4.31 Å². The maximum absolute atomic E-state index is 14.4. The Morgan fingerprint density at radius 3 is 2.28 bits per heavy atom. The van der Waals surface area contributed by atoms with Crippen molar-refractivity contribution in [2.45, 2.75) is 44.6 Å². The molecule has 4 rings (SSSR count). The first-order valence-electron chi connectivity index (χ1n) is 10.1. The van der Waals surface area contributed by atoms with E-state index in [1.165, 1.54) is 29.6 Å². The molecule has 0 amide bonds. The molecule has 1 aliphatic carbocycles. The zero-order valence-electron chi connectivity index (χ0n) is 16.2. The average Bonchev–Trinajstić information content (AvgIpc) is 2.93. The summed E-state index contributed by atoms with van der Waals surface area (Å²) in [5.74, 6) is -1.83. The summed E-state index contributed by atoms with van der Waals surface area (Å²) in [7, 11) is -4.13. The van der Waals surface area contributed by atoms with Crippen LogP contribution in [0.15, 0.2) is 42.5 Å². The van der Waals surface area contributed by atoms with Crippen molar-refractivity contribution in [1.82, 2.24) is 5.32 Å². The highest BCUT2D eigenvalue weighted by atomic mass is 32.2. The molecular formula is C21H25F2N3O2S. The molecule has 5 nitrogen and oxygen atoms in total. The van der Waals surface area contributed by atoms with Crippen molar-refractivity contribution in [2.75, 3.05) is 21.7 Å². The molecule has 0 bridgehead atoms. The number of rotatable bonds is 6. The van der Waals surface area contributed by atoms with Crippen LogP contribution in [0.4, 0.5) is 25.8 Å². The van der Waals surface area contributed by atoms with Crippen molar-refractivity contribution < 1.29 is 17.2 Å². The molecule has 2 aromatic rings. The Bertz CT molecular complexity index is 957. The number of hydrogen-bond acceptors (Lipinski definition) is 3. The fourth-order valence-electron chi connectivity index (χ4n) is 4.18. The van der Waals surface area contributed by atoms with E-state index in [1.807, 2.05) is 0 Å². The zero-order chi connectivity index (χ0) is 20.4. The molecule has 8 heteroatoms. The van der Waals surface area contributed by atoms with Gasteiger partial charge in [-0.25, -0.2) is 13.1 Å². The fraction of sp³-hybridized carbons (Fsp3) is 0.429. The van der Waals surface area contributed by atoms with E-state index in [4.69, 9.17) is 0 Å². The monoisotopic (exact) mass is 421 g/mol. The number of nitrogens with zero attached hydrogens (tertiary/aromatic N) is 2. The van der Waals surface area contributed by atoms with Crippen molar-refractivity contribution in [3.05, 3.63) is 54.1 Å². The molecule has 2 aliphatic rings. The first kappa shape index (κ1) is 20.1. The molecular weight excluding hydrogens is 396 g/mol. The maximum atomic E-state index is 14.4. The number of fused-ring (bicyclic) bond motifs is 1. The molecule has 1 saturated carbocycles. The Morgan fingerprint density at radius 2 is 1.59 bits per heavy atom. The molecule has 0 unspecified atom stereocenters. The van der Waals surface area contributed by atoms with Crippen LogP contribution in [-0.4, -0.2) is 27.5 Å². The topological polar surface area (TPSA) is 52.7 Å².